The van der Waals surface area contributed by atoms with Crippen LogP contribution in [-0.2, 0) is 23.8 Å². The third-order valence-electron chi connectivity index (χ3n) is 9.29. The van der Waals surface area contributed by atoms with Crippen LogP contribution in [0.5, 0.6) is 0 Å². The summed E-state index contributed by atoms with van der Waals surface area (Å²) in [4.78, 5) is 31.4. The number of ether oxygens (including phenoxy) is 3. The number of nitrogens with zero attached hydrogens (tertiary/aromatic N) is 1. The molecular formula is C29H40ClNO8. The molecule has 1 spiro atoms. The number of rotatable bonds is 4. The quantitative estimate of drug-likeness (QED) is 0.408. The number of cyclic esters (lactones) is 1. The lowest BCUT2D eigenvalue weighted by Crippen LogP contribution is -2.54. The zero-order valence-electron chi connectivity index (χ0n) is 22.9. The highest BCUT2D eigenvalue weighted by Crippen LogP contribution is 2.50. The largest absolute Gasteiger partial charge is 0.456 e. The van der Waals surface area contributed by atoms with E-state index in [4.69, 9.17) is 30.2 Å². The maximum atomic E-state index is 14.0. The summed E-state index contributed by atoms with van der Waals surface area (Å²) < 4.78 is 22.5. The molecule has 2 N–H and O–H groups in total. The smallest absolute Gasteiger partial charge is 0.309 e. The Morgan fingerprint density at radius 3 is 2.59 bits per heavy atom. The standard InChI is InChI=1S/C29H40ClNO8/c1-16-6-4-7-28(3)24(39-28)12-22(21(30)10-18-14-36-17(2)31-18)38-25(33)13-23(32)29(8-5-9-29)27(35)20(26(16)34)11-19-15-37-19/h10,14,16,19-20,22-24,26,32,34H,4-9,11-13,15H2,1-3H3/t16-,19?,20+,22-,23-,24?,26+,28?/m0/s1. The number of aryl methyl sites for hydroxylation is 1. The number of carbonyl (C=O) groups is 2. The van der Waals surface area contributed by atoms with Gasteiger partial charge in [-0.3, -0.25) is 9.59 Å². The number of carbonyl (C=O) groups excluding carboxylic acids is 2. The fourth-order valence-corrected chi connectivity index (χ4v) is 6.61. The van der Waals surface area contributed by atoms with Gasteiger partial charge in [-0.25, -0.2) is 4.98 Å². The number of ketones is 1. The second kappa shape index (κ2) is 11.2. The first kappa shape index (κ1) is 28.7. The zero-order chi connectivity index (χ0) is 27.9. The molecule has 4 aliphatic rings. The Kier molecular flexibility index (Phi) is 8.28. The number of aromatic nitrogens is 1. The average Bonchev–Trinajstić information content (AvgIpc) is 3.74. The summed E-state index contributed by atoms with van der Waals surface area (Å²) in [5.74, 6) is -1.07. The fraction of sp³-hybridized carbons (Fsp3) is 0.759. The lowest BCUT2D eigenvalue weighted by atomic mass is 9.58. The van der Waals surface area contributed by atoms with Crippen LogP contribution in [-0.4, -0.2) is 69.7 Å². The van der Waals surface area contributed by atoms with Crippen molar-refractivity contribution in [2.24, 2.45) is 17.3 Å². The second-order valence-electron chi connectivity index (χ2n) is 12.2. The molecule has 0 aromatic carbocycles. The van der Waals surface area contributed by atoms with Gasteiger partial charge in [-0.1, -0.05) is 31.4 Å². The number of epoxide rings is 2. The van der Waals surface area contributed by atoms with E-state index in [1.165, 1.54) is 6.26 Å². The first-order chi connectivity index (χ1) is 18.5. The van der Waals surface area contributed by atoms with Crippen LogP contribution in [0.4, 0.5) is 0 Å². The number of esters is 1. The van der Waals surface area contributed by atoms with Gasteiger partial charge in [-0.15, -0.1) is 0 Å². The summed E-state index contributed by atoms with van der Waals surface area (Å²) in [5.41, 5.74) is -0.944. The molecule has 8 atom stereocenters. The van der Waals surface area contributed by atoms with Crippen LogP contribution in [0, 0.1) is 24.2 Å². The molecule has 5 rings (SSSR count). The number of hydrogen-bond acceptors (Lipinski definition) is 9. The Labute approximate surface area is 234 Å². The molecular weight excluding hydrogens is 526 g/mol. The molecule has 3 unspecified atom stereocenters. The average molecular weight is 566 g/mol. The van der Waals surface area contributed by atoms with Crippen molar-refractivity contribution in [3.05, 3.63) is 22.9 Å². The van der Waals surface area contributed by atoms with Gasteiger partial charge in [0.15, 0.2) is 5.89 Å². The number of Topliss-reactive ketones (excluding diaryl/α,β-unsaturated/α-hetero) is 1. The molecule has 1 aromatic rings. The van der Waals surface area contributed by atoms with Gasteiger partial charge in [0.2, 0.25) is 0 Å². The molecule has 10 heteroatoms. The minimum Gasteiger partial charge on any atom is -0.456 e. The highest BCUT2D eigenvalue weighted by atomic mass is 35.5. The van der Waals surface area contributed by atoms with Crippen LogP contribution in [0.3, 0.4) is 0 Å². The van der Waals surface area contributed by atoms with Crippen LogP contribution in [0.25, 0.3) is 6.08 Å². The van der Waals surface area contributed by atoms with Gasteiger partial charge < -0.3 is 28.8 Å². The van der Waals surface area contributed by atoms with Gasteiger partial charge in [0.05, 0.1) is 53.5 Å². The number of aliphatic hydroxyl groups is 2. The number of halogens is 1. The molecule has 39 heavy (non-hydrogen) atoms. The van der Waals surface area contributed by atoms with Crippen molar-refractivity contribution in [3.63, 3.8) is 0 Å². The summed E-state index contributed by atoms with van der Waals surface area (Å²) >= 11 is 6.65. The van der Waals surface area contributed by atoms with Crippen LogP contribution in [0.2, 0.25) is 0 Å². The van der Waals surface area contributed by atoms with E-state index in [0.29, 0.717) is 43.9 Å². The molecule has 4 heterocycles. The van der Waals surface area contributed by atoms with Gasteiger partial charge >= 0.3 is 5.97 Å². The van der Waals surface area contributed by atoms with E-state index in [1.807, 2.05) is 13.8 Å². The van der Waals surface area contributed by atoms with Crippen LogP contribution >= 0.6 is 11.6 Å². The van der Waals surface area contributed by atoms with Crippen LogP contribution < -0.4 is 0 Å². The molecule has 1 aliphatic carbocycles. The van der Waals surface area contributed by atoms with Crippen molar-refractivity contribution in [2.75, 3.05) is 6.61 Å². The Morgan fingerprint density at radius 2 is 1.97 bits per heavy atom. The third kappa shape index (κ3) is 6.27. The molecule has 216 valence electrons. The molecule has 3 saturated heterocycles. The van der Waals surface area contributed by atoms with Crippen molar-refractivity contribution in [3.8, 4) is 0 Å². The van der Waals surface area contributed by atoms with E-state index in [0.717, 1.165) is 25.7 Å². The Bertz CT molecular complexity index is 1090. The number of oxazole rings is 1. The maximum Gasteiger partial charge on any atom is 0.309 e. The van der Waals surface area contributed by atoms with Crippen LogP contribution in [0.15, 0.2) is 15.7 Å². The van der Waals surface area contributed by atoms with E-state index in [1.54, 1.807) is 13.0 Å². The van der Waals surface area contributed by atoms with Crippen molar-refractivity contribution in [1.29, 1.82) is 0 Å². The molecule has 1 saturated carbocycles. The second-order valence-corrected chi connectivity index (χ2v) is 12.6. The summed E-state index contributed by atoms with van der Waals surface area (Å²) in [5, 5.41) is 22.9. The van der Waals surface area contributed by atoms with Gasteiger partial charge in [0.1, 0.15) is 23.8 Å². The highest BCUT2D eigenvalue weighted by molar-refractivity contribution is 6.32. The molecule has 1 aromatic heterocycles. The monoisotopic (exact) mass is 565 g/mol. The van der Waals surface area contributed by atoms with Gasteiger partial charge in [-0.2, -0.15) is 0 Å². The topological polar surface area (TPSA) is 135 Å². The lowest BCUT2D eigenvalue weighted by molar-refractivity contribution is -0.162. The predicted octanol–water partition coefficient (Wildman–Crippen LogP) is 4.10. The number of aliphatic hydroxyl groups excluding tert-OH is 2. The summed E-state index contributed by atoms with van der Waals surface area (Å²) in [6.07, 6.45) is 4.53. The molecule has 9 nitrogen and oxygen atoms in total. The Balaban J connectivity index is 1.40. The van der Waals surface area contributed by atoms with Crippen molar-refractivity contribution in [2.45, 2.75) is 115 Å². The van der Waals surface area contributed by atoms with E-state index < -0.39 is 35.6 Å². The third-order valence-corrected chi connectivity index (χ3v) is 9.64. The summed E-state index contributed by atoms with van der Waals surface area (Å²) in [7, 11) is 0. The summed E-state index contributed by atoms with van der Waals surface area (Å²) in [6, 6.07) is 0. The SMILES string of the molecule is Cc1nc(C=C(Cl)[C@@H]2CC3OC3(C)CCC[C@H](C)[C@@H](O)[C@@H](CC3CO3)C(=O)C3(CCC3)[C@@H](O)CC(=O)O2)co1. The fourth-order valence-electron chi connectivity index (χ4n) is 6.36. The van der Waals surface area contributed by atoms with E-state index >= 15 is 0 Å². The highest BCUT2D eigenvalue weighted by Gasteiger charge is 2.56. The summed E-state index contributed by atoms with van der Waals surface area (Å²) in [6.45, 7) is 6.30. The molecule has 0 bridgehead atoms. The van der Waals surface area contributed by atoms with Crippen molar-refractivity contribution in [1.82, 2.24) is 4.98 Å². The van der Waals surface area contributed by atoms with Gasteiger partial charge in [-0.05, 0) is 51.0 Å². The number of hydrogen-bond donors (Lipinski definition) is 2. The Morgan fingerprint density at radius 1 is 1.23 bits per heavy atom. The first-order valence-corrected chi connectivity index (χ1v) is 14.6. The van der Waals surface area contributed by atoms with Crippen molar-refractivity contribution < 1.29 is 38.4 Å². The predicted molar refractivity (Wildman–Crippen MR) is 142 cm³/mol. The van der Waals surface area contributed by atoms with Gasteiger partial charge in [0, 0.05) is 19.3 Å². The normalized spacial score (nSPS) is 39.5. The van der Waals surface area contributed by atoms with E-state index in [9.17, 15) is 19.8 Å². The Hall–Kier alpha value is -1.78. The zero-order valence-corrected chi connectivity index (χ0v) is 23.7. The minimum atomic E-state index is -1.21. The molecule has 3 aliphatic heterocycles. The van der Waals surface area contributed by atoms with E-state index in [2.05, 4.69) is 4.98 Å². The molecule has 4 fully saturated rings. The van der Waals surface area contributed by atoms with Gasteiger partial charge in [0.25, 0.3) is 0 Å². The van der Waals surface area contributed by atoms with Crippen LogP contribution in [0.1, 0.15) is 83.2 Å². The lowest BCUT2D eigenvalue weighted by Gasteiger charge is -2.46. The maximum absolute atomic E-state index is 14.0. The molecule has 0 amide bonds. The number of fused-ring (bicyclic) bond motifs is 1. The first-order valence-electron chi connectivity index (χ1n) is 14.2. The van der Waals surface area contributed by atoms with E-state index in [-0.39, 0.29) is 41.0 Å². The minimum absolute atomic E-state index is 0.0478. The van der Waals surface area contributed by atoms with Crippen molar-refractivity contribution >= 4 is 29.4 Å². The molecule has 0 radical (unpaired) electrons.